The van der Waals surface area contributed by atoms with Crippen LogP contribution < -0.4 is 0 Å². The predicted octanol–water partition coefficient (Wildman–Crippen LogP) is 3.31. The quantitative estimate of drug-likeness (QED) is 0.771. The molecule has 0 bridgehead atoms. The molecule has 1 amide bonds. The maximum Gasteiger partial charge on any atom is 0.223 e. The van der Waals surface area contributed by atoms with E-state index in [9.17, 15) is 4.79 Å². The summed E-state index contributed by atoms with van der Waals surface area (Å²) in [7, 11) is 0. The summed E-state index contributed by atoms with van der Waals surface area (Å²) < 4.78 is 0. The highest BCUT2D eigenvalue weighted by Gasteiger charge is 2.27. The fourth-order valence-electron chi connectivity index (χ4n) is 3.09. The number of hydrogen-bond acceptors (Lipinski definition) is 2. The van der Waals surface area contributed by atoms with E-state index >= 15 is 0 Å². The van der Waals surface area contributed by atoms with Crippen LogP contribution in [0.5, 0.6) is 0 Å². The third-order valence-corrected chi connectivity index (χ3v) is 5.42. The highest BCUT2D eigenvalue weighted by molar-refractivity contribution is 7.99. The van der Waals surface area contributed by atoms with Crippen LogP contribution >= 0.6 is 11.8 Å². The first-order valence-electron chi connectivity index (χ1n) is 7.18. The number of likely N-dealkylation sites (tertiary alicyclic amines) is 1. The zero-order valence-electron chi connectivity index (χ0n) is 11.0. The van der Waals surface area contributed by atoms with Crippen molar-refractivity contribution in [1.82, 2.24) is 4.90 Å². The van der Waals surface area contributed by atoms with E-state index in [2.05, 4.69) is 11.8 Å². The minimum Gasteiger partial charge on any atom is -0.340 e. The first kappa shape index (κ1) is 13.3. The number of nitrogens with zero attached hydrogens (tertiary/aromatic N) is 1. The smallest absolute Gasteiger partial charge is 0.223 e. The van der Waals surface area contributed by atoms with Gasteiger partial charge in [0.25, 0.3) is 0 Å². The van der Waals surface area contributed by atoms with E-state index in [1.165, 1.54) is 43.6 Å². The molecule has 98 valence electrons. The fourth-order valence-corrected chi connectivity index (χ4v) is 4.24. The van der Waals surface area contributed by atoms with Crippen LogP contribution in [0, 0.1) is 5.92 Å². The topological polar surface area (TPSA) is 20.3 Å². The van der Waals surface area contributed by atoms with Crippen molar-refractivity contribution in [3.8, 4) is 0 Å². The van der Waals surface area contributed by atoms with E-state index in [0.717, 1.165) is 19.4 Å². The zero-order valence-corrected chi connectivity index (χ0v) is 11.8. The van der Waals surface area contributed by atoms with Gasteiger partial charge in [-0.25, -0.2) is 0 Å². The van der Waals surface area contributed by atoms with Crippen LogP contribution in [-0.4, -0.2) is 34.9 Å². The number of hydrogen-bond donors (Lipinski definition) is 0. The van der Waals surface area contributed by atoms with Gasteiger partial charge in [-0.05, 0) is 55.9 Å². The number of carbonyl (C=O) groups excluding carboxylic acids is 1. The molecule has 0 N–H and O–H groups in total. The number of rotatable bonds is 3. The number of piperidine rings is 1. The van der Waals surface area contributed by atoms with Crippen molar-refractivity contribution < 1.29 is 4.79 Å². The molecule has 0 aromatic carbocycles. The van der Waals surface area contributed by atoms with Crippen molar-refractivity contribution in [2.45, 2.75) is 57.9 Å². The van der Waals surface area contributed by atoms with Crippen LogP contribution in [0.15, 0.2) is 0 Å². The molecule has 0 saturated carbocycles. The Labute approximate surface area is 110 Å². The van der Waals surface area contributed by atoms with Crippen molar-refractivity contribution >= 4 is 17.7 Å². The molecule has 2 fully saturated rings. The van der Waals surface area contributed by atoms with Crippen molar-refractivity contribution in [1.29, 1.82) is 0 Å². The Kier molecular flexibility index (Phi) is 5.20. The molecule has 3 heteroatoms. The van der Waals surface area contributed by atoms with Gasteiger partial charge >= 0.3 is 0 Å². The summed E-state index contributed by atoms with van der Waals surface area (Å²) in [5.41, 5.74) is 0. The van der Waals surface area contributed by atoms with Crippen LogP contribution in [-0.2, 0) is 4.79 Å². The molecule has 0 radical (unpaired) electrons. The van der Waals surface area contributed by atoms with Crippen LogP contribution in [0.1, 0.15) is 51.9 Å². The standard InChI is InChI=1S/C14H25NOS/c1-2-13-7-3-4-8-15(13)14(16)10-12-6-5-9-17-11-12/h12-13H,2-11H2,1H3. The maximum absolute atomic E-state index is 12.4. The molecule has 2 atom stereocenters. The SMILES string of the molecule is CCC1CCCCN1C(=O)CC1CCCSC1. The van der Waals surface area contributed by atoms with Gasteiger partial charge < -0.3 is 4.90 Å². The lowest BCUT2D eigenvalue weighted by atomic mass is 9.96. The van der Waals surface area contributed by atoms with Gasteiger partial charge in [-0.1, -0.05) is 6.92 Å². The monoisotopic (exact) mass is 255 g/mol. The van der Waals surface area contributed by atoms with Gasteiger partial charge in [-0.3, -0.25) is 4.79 Å². The Morgan fingerprint density at radius 2 is 2.18 bits per heavy atom. The molecule has 2 saturated heterocycles. The van der Waals surface area contributed by atoms with E-state index in [-0.39, 0.29) is 0 Å². The molecule has 2 nitrogen and oxygen atoms in total. The van der Waals surface area contributed by atoms with Crippen LogP contribution in [0.25, 0.3) is 0 Å². The Balaban J connectivity index is 1.84. The molecule has 0 aromatic rings. The third kappa shape index (κ3) is 3.64. The van der Waals surface area contributed by atoms with Crippen molar-refractivity contribution in [3.05, 3.63) is 0 Å². The van der Waals surface area contributed by atoms with Gasteiger partial charge in [0.05, 0.1) is 0 Å². The summed E-state index contributed by atoms with van der Waals surface area (Å²) in [6.07, 6.45) is 8.25. The second-order valence-corrected chi connectivity index (χ2v) is 6.58. The largest absolute Gasteiger partial charge is 0.340 e. The number of thioether (sulfide) groups is 1. The molecule has 2 heterocycles. The molecule has 0 aromatic heterocycles. The molecule has 2 unspecified atom stereocenters. The van der Waals surface area contributed by atoms with Gasteiger partial charge in [0, 0.05) is 19.0 Å². The molecule has 17 heavy (non-hydrogen) atoms. The summed E-state index contributed by atoms with van der Waals surface area (Å²) in [5, 5.41) is 0. The average Bonchev–Trinajstić information content (AvgIpc) is 2.40. The average molecular weight is 255 g/mol. The zero-order chi connectivity index (χ0) is 12.1. The highest BCUT2D eigenvalue weighted by Crippen LogP contribution is 2.27. The first-order chi connectivity index (χ1) is 8.31. The first-order valence-corrected chi connectivity index (χ1v) is 8.34. The van der Waals surface area contributed by atoms with Crippen LogP contribution in [0.2, 0.25) is 0 Å². The van der Waals surface area contributed by atoms with Gasteiger partial charge in [0.1, 0.15) is 0 Å². The predicted molar refractivity (Wildman–Crippen MR) is 74.3 cm³/mol. The van der Waals surface area contributed by atoms with Crippen molar-refractivity contribution in [2.24, 2.45) is 5.92 Å². The van der Waals surface area contributed by atoms with Crippen LogP contribution in [0.4, 0.5) is 0 Å². The summed E-state index contributed by atoms with van der Waals surface area (Å²) >= 11 is 2.03. The van der Waals surface area contributed by atoms with Crippen molar-refractivity contribution in [2.75, 3.05) is 18.1 Å². The normalized spacial score (nSPS) is 30.3. The molecular weight excluding hydrogens is 230 g/mol. The molecule has 2 aliphatic heterocycles. The molecule has 2 rings (SSSR count). The van der Waals surface area contributed by atoms with Gasteiger partial charge in [-0.15, -0.1) is 0 Å². The van der Waals surface area contributed by atoms with E-state index in [4.69, 9.17) is 0 Å². The lowest BCUT2D eigenvalue weighted by molar-refractivity contribution is -0.135. The number of amides is 1. The third-order valence-electron chi connectivity index (χ3n) is 4.14. The summed E-state index contributed by atoms with van der Waals surface area (Å²) in [4.78, 5) is 14.5. The molecule has 0 spiro atoms. The summed E-state index contributed by atoms with van der Waals surface area (Å²) in [6, 6.07) is 0.535. The summed E-state index contributed by atoms with van der Waals surface area (Å²) in [6.45, 7) is 3.23. The van der Waals surface area contributed by atoms with Crippen molar-refractivity contribution in [3.63, 3.8) is 0 Å². The fraction of sp³-hybridized carbons (Fsp3) is 0.929. The Morgan fingerprint density at radius 1 is 1.29 bits per heavy atom. The van der Waals surface area contributed by atoms with E-state index < -0.39 is 0 Å². The molecular formula is C14H25NOS. The minimum absolute atomic E-state index is 0.434. The second-order valence-electron chi connectivity index (χ2n) is 5.43. The molecule has 2 aliphatic rings. The maximum atomic E-state index is 12.4. The highest BCUT2D eigenvalue weighted by atomic mass is 32.2. The minimum atomic E-state index is 0.434. The van der Waals surface area contributed by atoms with Gasteiger partial charge in [0.15, 0.2) is 0 Å². The number of carbonyl (C=O) groups is 1. The lowest BCUT2D eigenvalue weighted by Gasteiger charge is -2.36. The molecule has 0 aliphatic carbocycles. The van der Waals surface area contributed by atoms with Gasteiger partial charge in [-0.2, -0.15) is 11.8 Å². The lowest BCUT2D eigenvalue weighted by Crippen LogP contribution is -2.44. The van der Waals surface area contributed by atoms with E-state index in [1.807, 2.05) is 11.8 Å². The Hall–Kier alpha value is -0.180. The van der Waals surface area contributed by atoms with Gasteiger partial charge in [0.2, 0.25) is 5.91 Å². The van der Waals surface area contributed by atoms with Crippen LogP contribution in [0.3, 0.4) is 0 Å². The Bertz CT molecular complexity index is 251. The Morgan fingerprint density at radius 3 is 2.88 bits per heavy atom. The van der Waals surface area contributed by atoms with E-state index in [0.29, 0.717) is 17.9 Å². The second kappa shape index (κ2) is 6.67. The summed E-state index contributed by atoms with van der Waals surface area (Å²) in [5.74, 6) is 3.59. The van der Waals surface area contributed by atoms with E-state index in [1.54, 1.807) is 0 Å².